The molecule has 0 radical (unpaired) electrons. The lowest BCUT2D eigenvalue weighted by Gasteiger charge is -2.16. The first-order valence-electron chi connectivity index (χ1n) is 4.75. The van der Waals surface area contributed by atoms with E-state index in [9.17, 15) is 4.79 Å². The number of carbonyl (C=O) groups is 1. The number of rotatable bonds is 5. The Morgan fingerprint density at radius 2 is 2.06 bits per heavy atom. The van der Waals surface area contributed by atoms with Gasteiger partial charge in [0, 0.05) is 10.0 Å². The lowest BCUT2D eigenvalue weighted by Crippen LogP contribution is -2.06. The van der Waals surface area contributed by atoms with E-state index in [1.165, 1.54) is 14.2 Å². The van der Waals surface area contributed by atoms with E-state index in [0.29, 0.717) is 27.1 Å². The molecule has 0 aliphatic rings. The molecule has 0 amide bonds. The van der Waals surface area contributed by atoms with Crippen LogP contribution in [0.5, 0.6) is 11.5 Å². The van der Waals surface area contributed by atoms with Crippen LogP contribution in [-0.4, -0.2) is 25.3 Å². The molecular formula is C11H12BrClO4. The minimum Gasteiger partial charge on any atom is -0.493 e. The van der Waals surface area contributed by atoms with Gasteiger partial charge in [-0.05, 0) is 11.6 Å². The number of hydrogen-bond donors (Lipinski definition) is 1. The van der Waals surface area contributed by atoms with Crippen molar-refractivity contribution in [1.29, 1.82) is 0 Å². The second-order valence-corrected chi connectivity index (χ2v) is 4.38. The van der Waals surface area contributed by atoms with Crippen LogP contribution in [0.2, 0.25) is 0 Å². The van der Waals surface area contributed by atoms with Crippen molar-refractivity contribution in [2.45, 2.75) is 12.3 Å². The first kappa shape index (κ1) is 14.1. The number of alkyl halides is 1. The van der Waals surface area contributed by atoms with Crippen LogP contribution in [0.4, 0.5) is 0 Å². The summed E-state index contributed by atoms with van der Waals surface area (Å²) in [6, 6.07) is 1.67. The summed E-state index contributed by atoms with van der Waals surface area (Å²) >= 11 is 9.16. The predicted molar refractivity (Wildman–Crippen MR) is 68.1 cm³/mol. The van der Waals surface area contributed by atoms with Crippen LogP contribution in [0.3, 0.4) is 0 Å². The van der Waals surface area contributed by atoms with Gasteiger partial charge in [-0.25, -0.2) is 0 Å². The van der Waals surface area contributed by atoms with Crippen molar-refractivity contribution >= 4 is 33.5 Å². The summed E-state index contributed by atoms with van der Waals surface area (Å²) in [6.07, 6.45) is -0.122. The average Bonchev–Trinajstić information content (AvgIpc) is 2.30. The molecule has 94 valence electrons. The fourth-order valence-corrected chi connectivity index (χ4v) is 2.43. The van der Waals surface area contributed by atoms with Crippen LogP contribution in [0.15, 0.2) is 10.5 Å². The van der Waals surface area contributed by atoms with Crippen LogP contribution < -0.4 is 9.47 Å². The lowest BCUT2D eigenvalue weighted by atomic mass is 10.0. The molecule has 0 fully saturated rings. The van der Waals surface area contributed by atoms with E-state index in [0.717, 1.165) is 0 Å². The highest BCUT2D eigenvalue weighted by Gasteiger charge is 2.19. The van der Waals surface area contributed by atoms with Crippen LogP contribution in [0.25, 0.3) is 0 Å². The van der Waals surface area contributed by atoms with Crippen molar-refractivity contribution in [3.05, 3.63) is 21.7 Å². The van der Waals surface area contributed by atoms with E-state index < -0.39 is 5.97 Å². The zero-order valence-electron chi connectivity index (χ0n) is 9.42. The molecule has 17 heavy (non-hydrogen) atoms. The van der Waals surface area contributed by atoms with Crippen LogP contribution in [-0.2, 0) is 17.1 Å². The van der Waals surface area contributed by atoms with E-state index in [1.54, 1.807) is 6.07 Å². The highest BCUT2D eigenvalue weighted by atomic mass is 79.9. The molecule has 0 aliphatic heterocycles. The van der Waals surface area contributed by atoms with E-state index >= 15 is 0 Å². The van der Waals surface area contributed by atoms with Crippen molar-refractivity contribution in [1.82, 2.24) is 0 Å². The number of carboxylic acids is 1. The van der Waals surface area contributed by atoms with E-state index in [1.807, 2.05) is 0 Å². The quantitative estimate of drug-likeness (QED) is 0.847. The molecule has 1 aromatic rings. The Labute approximate surface area is 113 Å². The van der Waals surface area contributed by atoms with E-state index in [4.69, 9.17) is 26.2 Å². The minimum absolute atomic E-state index is 0.122. The Hall–Kier alpha value is -0.940. The van der Waals surface area contributed by atoms with Crippen molar-refractivity contribution < 1.29 is 19.4 Å². The number of carboxylic acid groups (broad SMARTS) is 1. The molecule has 1 aromatic carbocycles. The Kier molecular flexibility index (Phi) is 5.08. The molecule has 1 rings (SSSR count). The smallest absolute Gasteiger partial charge is 0.307 e. The summed E-state index contributed by atoms with van der Waals surface area (Å²) in [5.74, 6) is 0.220. The fraction of sp³-hybridized carbons (Fsp3) is 0.364. The standard InChI is InChI=1S/C11H12BrClO4/c1-16-9-4-8(12)6(3-10(14)15)7(5-13)11(9)17-2/h4H,3,5H2,1-2H3,(H,14,15). The predicted octanol–water partition coefficient (Wildman–Crippen LogP) is 2.83. The monoisotopic (exact) mass is 322 g/mol. The van der Waals surface area contributed by atoms with E-state index in [-0.39, 0.29) is 12.3 Å². The number of aliphatic carboxylic acids is 1. The van der Waals surface area contributed by atoms with Gasteiger partial charge in [0.2, 0.25) is 0 Å². The average molecular weight is 324 g/mol. The molecular weight excluding hydrogens is 311 g/mol. The maximum atomic E-state index is 10.8. The summed E-state index contributed by atoms with van der Waals surface area (Å²) in [5, 5.41) is 8.87. The summed E-state index contributed by atoms with van der Waals surface area (Å²) < 4.78 is 11.0. The fourth-order valence-electron chi connectivity index (χ4n) is 1.56. The second-order valence-electron chi connectivity index (χ2n) is 3.26. The minimum atomic E-state index is -0.927. The van der Waals surface area contributed by atoms with Gasteiger partial charge < -0.3 is 14.6 Å². The van der Waals surface area contributed by atoms with Crippen LogP contribution in [0.1, 0.15) is 11.1 Å². The second kappa shape index (κ2) is 6.12. The molecule has 4 nitrogen and oxygen atoms in total. The number of benzene rings is 1. The van der Waals surface area contributed by atoms with Crippen molar-refractivity contribution in [3.63, 3.8) is 0 Å². The van der Waals surface area contributed by atoms with Gasteiger partial charge in [-0.15, -0.1) is 11.6 Å². The van der Waals surface area contributed by atoms with Gasteiger partial charge in [0.05, 0.1) is 26.5 Å². The van der Waals surface area contributed by atoms with Gasteiger partial charge in [0.15, 0.2) is 11.5 Å². The van der Waals surface area contributed by atoms with E-state index in [2.05, 4.69) is 15.9 Å². The largest absolute Gasteiger partial charge is 0.493 e. The molecule has 0 unspecified atom stereocenters. The highest BCUT2D eigenvalue weighted by molar-refractivity contribution is 9.10. The first-order chi connectivity index (χ1) is 8.04. The molecule has 0 aliphatic carbocycles. The lowest BCUT2D eigenvalue weighted by molar-refractivity contribution is -0.136. The molecule has 0 saturated heterocycles. The number of methoxy groups -OCH3 is 2. The molecule has 0 heterocycles. The number of halogens is 2. The van der Waals surface area contributed by atoms with Gasteiger partial charge in [0.1, 0.15) is 0 Å². The highest BCUT2D eigenvalue weighted by Crippen LogP contribution is 2.39. The number of hydrogen-bond acceptors (Lipinski definition) is 3. The third-order valence-electron chi connectivity index (χ3n) is 2.29. The van der Waals surface area contributed by atoms with Gasteiger partial charge in [-0.1, -0.05) is 15.9 Å². The molecule has 1 N–H and O–H groups in total. The molecule has 6 heteroatoms. The van der Waals surface area contributed by atoms with Crippen molar-refractivity contribution in [2.24, 2.45) is 0 Å². The topological polar surface area (TPSA) is 55.8 Å². The molecule has 0 bridgehead atoms. The van der Waals surface area contributed by atoms with Crippen LogP contribution >= 0.6 is 27.5 Å². The summed E-state index contributed by atoms with van der Waals surface area (Å²) in [4.78, 5) is 10.8. The summed E-state index contributed by atoms with van der Waals surface area (Å²) in [5.41, 5.74) is 1.23. The maximum absolute atomic E-state index is 10.8. The zero-order valence-corrected chi connectivity index (χ0v) is 11.8. The van der Waals surface area contributed by atoms with Crippen molar-refractivity contribution in [2.75, 3.05) is 14.2 Å². The molecule has 0 spiro atoms. The summed E-state index contributed by atoms with van der Waals surface area (Å²) in [6.45, 7) is 0. The maximum Gasteiger partial charge on any atom is 0.307 e. The normalized spacial score (nSPS) is 10.1. The third-order valence-corrected chi connectivity index (χ3v) is 3.27. The van der Waals surface area contributed by atoms with Gasteiger partial charge in [0.25, 0.3) is 0 Å². The van der Waals surface area contributed by atoms with Gasteiger partial charge in [-0.3, -0.25) is 4.79 Å². The third kappa shape index (κ3) is 3.04. The first-order valence-corrected chi connectivity index (χ1v) is 6.07. The van der Waals surface area contributed by atoms with Gasteiger partial charge in [-0.2, -0.15) is 0 Å². The number of ether oxygens (including phenoxy) is 2. The Bertz CT molecular complexity index is 434. The van der Waals surface area contributed by atoms with Crippen LogP contribution in [0, 0.1) is 0 Å². The SMILES string of the molecule is COc1cc(Br)c(CC(=O)O)c(CCl)c1OC. The van der Waals surface area contributed by atoms with Crippen molar-refractivity contribution in [3.8, 4) is 11.5 Å². The molecule has 0 atom stereocenters. The Balaban J connectivity index is 3.43. The Morgan fingerprint density at radius 3 is 2.47 bits per heavy atom. The zero-order chi connectivity index (χ0) is 13.0. The Morgan fingerprint density at radius 1 is 1.41 bits per heavy atom. The molecule has 0 saturated carbocycles. The summed E-state index contributed by atoms with van der Waals surface area (Å²) in [7, 11) is 3.01. The molecule has 0 aromatic heterocycles. The van der Waals surface area contributed by atoms with Gasteiger partial charge >= 0.3 is 5.97 Å².